The molecule has 0 aromatic heterocycles. The molecule has 0 bridgehead atoms. The molecule has 0 saturated carbocycles. The van der Waals surface area contributed by atoms with E-state index in [2.05, 4.69) is 20.9 Å². The largest absolute Gasteiger partial charge is 0.447 e. The van der Waals surface area contributed by atoms with E-state index in [9.17, 15) is 4.79 Å². The molecule has 1 aromatic carbocycles. The van der Waals surface area contributed by atoms with E-state index in [1.165, 1.54) is 0 Å². The van der Waals surface area contributed by atoms with Crippen molar-refractivity contribution in [1.29, 1.82) is 0 Å². The van der Waals surface area contributed by atoms with Gasteiger partial charge in [0.15, 0.2) is 0 Å². The fourth-order valence-electron chi connectivity index (χ4n) is 1.28. The van der Waals surface area contributed by atoms with Crippen molar-refractivity contribution in [2.75, 3.05) is 0 Å². The molecule has 0 radical (unpaired) electrons. The van der Waals surface area contributed by atoms with Crippen LogP contribution in [0, 0.1) is 0 Å². The zero-order valence-corrected chi connectivity index (χ0v) is 9.75. The van der Waals surface area contributed by atoms with Crippen molar-refractivity contribution in [3.63, 3.8) is 0 Å². The average Bonchev–Trinajstić information content (AvgIpc) is 2.50. The molecule has 1 amide bonds. The third-order valence-electron chi connectivity index (χ3n) is 1.92. The first-order chi connectivity index (χ1) is 7.08. The van der Waals surface area contributed by atoms with E-state index in [4.69, 9.17) is 22.1 Å². The number of carbonyl (C=O) groups is 1. The van der Waals surface area contributed by atoms with Crippen molar-refractivity contribution in [2.24, 2.45) is 10.7 Å². The number of hydrogen-bond donors (Lipinski definition) is 1. The molecule has 0 fully saturated rings. The van der Waals surface area contributed by atoms with Crippen LogP contribution in [-0.2, 0) is 9.53 Å². The molecule has 0 aliphatic carbocycles. The molecule has 1 aliphatic rings. The number of hydrogen-bond acceptors (Lipinski definition) is 3. The van der Waals surface area contributed by atoms with Crippen molar-refractivity contribution in [3.05, 3.63) is 33.3 Å². The maximum absolute atomic E-state index is 11.4. The predicted octanol–water partition coefficient (Wildman–Crippen LogP) is 2.02. The van der Waals surface area contributed by atoms with Gasteiger partial charge in [0.25, 0.3) is 11.9 Å². The lowest BCUT2D eigenvalue weighted by atomic mass is 10.1. The molecule has 78 valence electrons. The van der Waals surface area contributed by atoms with Gasteiger partial charge in [0, 0.05) is 15.1 Å². The van der Waals surface area contributed by atoms with Crippen LogP contribution >= 0.6 is 27.5 Å². The third kappa shape index (κ3) is 1.98. The number of nitrogens with zero attached hydrogens (tertiary/aromatic N) is 1. The zero-order valence-electron chi connectivity index (χ0n) is 7.41. The molecule has 2 N–H and O–H groups in total. The van der Waals surface area contributed by atoms with Crippen LogP contribution in [0.1, 0.15) is 11.7 Å². The zero-order chi connectivity index (χ0) is 11.0. The first-order valence-corrected chi connectivity index (χ1v) is 5.24. The molecular formula is C9H6BrClN2O2. The second kappa shape index (κ2) is 3.83. The lowest BCUT2D eigenvalue weighted by Gasteiger charge is -2.10. The molecule has 0 saturated heterocycles. The van der Waals surface area contributed by atoms with Gasteiger partial charge in [-0.05, 0) is 18.2 Å². The maximum Gasteiger partial charge on any atom is 0.296 e. The summed E-state index contributed by atoms with van der Waals surface area (Å²) in [6, 6.07) is 4.97. The Kier molecular flexibility index (Phi) is 2.67. The average molecular weight is 290 g/mol. The molecule has 1 aromatic rings. The van der Waals surface area contributed by atoms with Gasteiger partial charge >= 0.3 is 0 Å². The summed E-state index contributed by atoms with van der Waals surface area (Å²) in [5.74, 6) is -0.421. The number of amides is 1. The number of rotatable bonds is 1. The molecule has 4 nitrogen and oxygen atoms in total. The highest BCUT2D eigenvalue weighted by Gasteiger charge is 2.30. The van der Waals surface area contributed by atoms with Crippen molar-refractivity contribution >= 4 is 39.5 Å². The van der Waals surface area contributed by atoms with Gasteiger partial charge in [0.2, 0.25) is 6.10 Å². The van der Waals surface area contributed by atoms with Crippen molar-refractivity contribution in [2.45, 2.75) is 6.10 Å². The number of ether oxygens (including phenoxy) is 1. The number of aliphatic imine (C=N–C) groups is 1. The fraction of sp³-hybridized carbons (Fsp3) is 0.111. The normalized spacial score (nSPS) is 20.0. The van der Waals surface area contributed by atoms with Crippen LogP contribution in [0.2, 0.25) is 5.02 Å². The fourth-order valence-corrected chi connectivity index (χ4v) is 1.91. The molecule has 6 heteroatoms. The Morgan fingerprint density at radius 3 is 2.87 bits per heavy atom. The Labute approximate surface area is 99.2 Å². The molecule has 0 spiro atoms. The lowest BCUT2D eigenvalue weighted by Crippen LogP contribution is -2.14. The van der Waals surface area contributed by atoms with Gasteiger partial charge in [0.1, 0.15) is 0 Å². The van der Waals surface area contributed by atoms with Crippen LogP contribution in [-0.4, -0.2) is 11.9 Å². The van der Waals surface area contributed by atoms with Crippen molar-refractivity contribution in [1.82, 2.24) is 0 Å². The lowest BCUT2D eigenvalue weighted by molar-refractivity contribution is -0.122. The summed E-state index contributed by atoms with van der Waals surface area (Å²) in [6.45, 7) is 0. The highest BCUT2D eigenvalue weighted by molar-refractivity contribution is 9.10. The molecule has 1 heterocycles. The van der Waals surface area contributed by atoms with E-state index < -0.39 is 12.0 Å². The van der Waals surface area contributed by atoms with E-state index >= 15 is 0 Å². The summed E-state index contributed by atoms with van der Waals surface area (Å²) in [7, 11) is 0. The van der Waals surface area contributed by atoms with Crippen LogP contribution in [0.15, 0.2) is 27.7 Å². The standard InChI is InChI=1S/C9H6BrClN2O2/c10-6-2-1-4(11)3-5(6)7-8(14)13-9(12)15-7/h1-3,7H,(H2,12,13,14). The summed E-state index contributed by atoms with van der Waals surface area (Å²) in [4.78, 5) is 14.9. The monoisotopic (exact) mass is 288 g/mol. The summed E-state index contributed by atoms with van der Waals surface area (Å²) in [5, 5.41) is 0.523. The van der Waals surface area contributed by atoms with E-state index in [0.717, 1.165) is 4.47 Å². The molecular weight excluding hydrogens is 283 g/mol. The van der Waals surface area contributed by atoms with Gasteiger partial charge in [-0.15, -0.1) is 0 Å². The highest BCUT2D eigenvalue weighted by Crippen LogP contribution is 2.31. The second-order valence-electron chi connectivity index (χ2n) is 2.95. The van der Waals surface area contributed by atoms with E-state index in [1.807, 2.05) is 0 Å². The van der Waals surface area contributed by atoms with Crippen LogP contribution in [0.4, 0.5) is 0 Å². The Morgan fingerprint density at radius 1 is 1.53 bits per heavy atom. The Balaban J connectivity index is 2.39. The van der Waals surface area contributed by atoms with Crippen LogP contribution in [0.25, 0.3) is 0 Å². The Hall–Kier alpha value is -1.07. The quantitative estimate of drug-likeness (QED) is 0.860. The SMILES string of the molecule is NC1=NC(=O)C(c2cc(Cl)ccc2Br)O1. The van der Waals surface area contributed by atoms with E-state index in [-0.39, 0.29) is 6.02 Å². The number of halogens is 2. The minimum Gasteiger partial charge on any atom is -0.447 e. The topological polar surface area (TPSA) is 64.7 Å². The summed E-state index contributed by atoms with van der Waals surface area (Å²) >= 11 is 9.13. The summed E-state index contributed by atoms with van der Waals surface area (Å²) < 4.78 is 5.82. The molecule has 2 rings (SSSR count). The first-order valence-electron chi connectivity index (χ1n) is 4.07. The smallest absolute Gasteiger partial charge is 0.296 e. The van der Waals surface area contributed by atoms with Crippen LogP contribution in [0.3, 0.4) is 0 Å². The van der Waals surface area contributed by atoms with Gasteiger partial charge < -0.3 is 10.5 Å². The molecule has 1 atom stereocenters. The number of amidine groups is 1. The molecule has 1 unspecified atom stereocenters. The third-order valence-corrected chi connectivity index (χ3v) is 2.88. The number of nitrogens with two attached hydrogens (primary N) is 1. The molecule has 15 heavy (non-hydrogen) atoms. The first kappa shape index (κ1) is 10.4. The van der Waals surface area contributed by atoms with E-state index in [0.29, 0.717) is 10.6 Å². The van der Waals surface area contributed by atoms with Crippen LogP contribution < -0.4 is 5.73 Å². The van der Waals surface area contributed by atoms with Gasteiger partial charge in [0.05, 0.1) is 0 Å². The second-order valence-corrected chi connectivity index (χ2v) is 4.24. The van der Waals surface area contributed by atoms with E-state index in [1.54, 1.807) is 18.2 Å². The minimum absolute atomic E-state index is 0.114. The number of carbonyl (C=O) groups excluding carboxylic acids is 1. The summed E-state index contributed by atoms with van der Waals surface area (Å²) in [6.07, 6.45) is -0.793. The van der Waals surface area contributed by atoms with Gasteiger partial charge in [-0.1, -0.05) is 27.5 Å². The summed E-state index contributed by atoms with van der Waals surface area (Å²) in [5.41, 5.74) is 5.92. The minimum atomic E-state index is -0.793. The Morgan fingerprint density at radius 2 is 2.27 bits per heavy atom. The van der Waals surface area contributed by atoms with Gasteiger partial charge in [-0.2, -0.15) is 4.99 Å². The highest BCUT2D eigenvalue weighted by atomic mass is 79.9. The predicted molar refractivity (Wildman–Crippen MR) is 59.6 cm³/mol. The van der Waals surface area contributed by atoms with Gasteiger partial charge in [-0.25, -0.2) is 0 Å². The van der Waals surface area contributed by atoms with Crippen LogP contribution in [0.5, 0.6) is 0 Å². The van der Waals surface area contributed by atoms with Crippen molar-refractivity contribution in [3.8, 4) is 0 Å². The maximum atomic E-state index is 11.4. The van der Waals surface area contributed by atoms with Gasteiger partial charge in [-0.3, -0.25) is 4.79 Å². The number of benzene rings is 1. The van der Waals surface area contributed by atoms with Crippen molar-refractivity contribution < 1.29 is 9.53 Å². The Bertz CT molecular complexity index is 461. The molecule has 1 aliphatic heterocycles.